The number of halogens is 3. The van der Waals surface area contributed by atoms with E-state index in [1.54, 1.807) is 13.8 Å². The van der Waals surface area contributed by atoms with Crippen LogP contribution in [0.2, 0.25) is 0 Å². The van der Waals surface area contributed by atoms with Crippen molar-refractivity contribution in [3.05, 3.63) is 12.7 Å². The molecule has 1 fully saturated rings. The Hall–Kier alpha value is -2.06. The SMILES string of the molecule is C=CCOC(=O)C[C@H]([C@H](C(=O)N1C(=O)OC[C@@H]1C(C)C)C(C)C)C(F)(F)F. The predicted molar refractivity (Wildman–Crippen MR) is 90.5 cm³/mol. The van der Waals surface area contributed by atoms with Gasteiger partial charge < -0.3 is 9.47 Å². The number of ether oxygens (including phenoxy) is 2. The molecule has 1 rings (SSSR count). The first-order valence-electron chi connectivity index (χ1n) is 8.74. The van der Waals surface area contributed by atoms with Crippen LogP contribution in [0.3, 0.4) is 0 Å². The molecule has 0 aromatic heterocycles. The third-order valence-corrected chi connectivity index (χ3v) is 4.52. The van der Waals surface area contributed by atoms with E-state index in [9.17, 15) is 27.6 Å². The van der Waals surface area contributed by atoms with Gasteiger partial charge in [-0.25, -0.2) is 9.69 Å². The number of cyclic esters (lactones) is 1. The van der Waals surface area contributed by atoms with Crippen molar-refractivity contribution in [3.63, 3.8) is 0 Å². The van der Waals surface area contributed by atoms with Gasteiger partial charge in [0.1, 0.15) is 13.2 Å². The zero-order valence-electron chi connectivity index (χ0n) is 15.9. The molecule has 1 heterocycles. The number of rotatable bonds is 8. The van der Waals surface area contributed by atoms with Gasteiger partial charge in [-0.3, -0.25) is 9.59 Å². The van der Waals surface area contributed by atoms with Crippen LogP contribution in [-0.4, -0.2) is 48.3 Å². The molecule has 0 radical (unpaired) electrons. The Balaban J connectivity index is 3.20. The maximum Gasteiger partial charge on any atom is 0.416 e. The second-order valence-corrected chi connectivity index (χ2v) is 7.19. The smallest absolute Gasteiger partial charge is 0.416 e. The van der Waals surface area contributed by atoms with Gasteiger partial charge in [0.2, 0.25) is 5.91 Å². The monoisotopic (exact) mass is 393 g/mol. The maximum atomic E-state index is 13.7. The number of nitrogens with zero attached hydrogens (tertiary/aromatic N) is 1. The third kappa shape index (κ3) is 5.71. The predicted octanol–water partition coefficient (Wildman–Crippen LogP) is 3.56. The lowest BCUT2D eigenvalue weighted by molar-refractivity contribution is -0.203. The molecule has 1 saturated heterocycles. The fraction of sp³-hybridized carbons (Fsp3) is 0.722. The first kappa shape index (κ1) is 23.0. The molecule has 154 valence electrons. The molecule has 0 N–H and O–H groups in total. The van der Waals surface area contributed by atoms with Crippen LogP contribution in [0.4, 0.5) is 18.0 Å². The summed E-state index contributed by atoms with van der Waals surface area (Å²) in [4.78, 5) is 37.5. The van der Waals surface area contributed by atoms with Gasteiger partial charge in [-0.1, -0.05) is 40.3 Å². The lowest BCUT2D eigenvalue weighted by atomic mass is 9.79. The molecule has 0 aromatic rings. The topological polar surface area (TPSA) is 72.9 Å². The van der Waals surface area contributed by atoms with Crippen molar-refractivity contribution >= 4 is 18.0 Å². The van der Waals surface area contributed by atoms with Crippen LogP contribution >= 0.6 is 0 Å². The Bertz CT molecular complexity index is 574. The highest BCUT2D eigenvalue weighted by molar-refractivity contribution is 5.95. The summed E-state index contributed by atoms with van der Waals surface area (Å²) in [5.41, 5.74) is 0. The van der Waals surface area contributed by atoms with E-state index in [1.165, 1.54) is 19.9 Å². The molecule has 0 aliphatic carbocycles. The molecular weight excluding hydrogens is 367 g/mol. The molecule has 0 unspecified atom stereocenters. The number of imide groups is 1. The Kier molecular flexibility index (Phi) is 7.86. The van der Waals surface area contributed by atoms with E-state index in [4.69, 9.17) is 4.74 Å². The fourth-order valence-corrected chi connectivity index (χ4v) is 3.10. The summed E-state index contributed by atoms with van der Waals surface area (Å²) in [6, 6.07) is -0.646. The standard InChI is InChI=1S/C18H26F3NO5/c1-6-7-26-14(23)8-12(18(19,20)21)15(11(4)5)16(24)22-13(10(2)3)9-27-17(22)25/h6,10-13,15H,1,7-9H2,2-5H3/t12-,13-,15-/m1/s1. The Morgan fingerprint density at radius 1 is 1.33 bits per heavy atom. The Labute approximate surface area is 156 Å². The largest absolute Gasteiger partial charge is 0.461 e. The molecule has 0 saturated carbocycles. The van der Waals surface area contributed by atoms with Crippen molar-refractivity contribution in [1.29, 1.82) is 0 Å². The number of alkyl halides is 3. The van der Waals surface area contributed by atoms with Gasteiger partial charge in [0.15, 0.2) is 0 Å². The minimum atomic E-state index is -4.82. The molecular formula is C18H26F3NO5. The van der Waals surface area contributed by atoms with Crippen LogP contribution in [-0.2, 0) is 19.1 Å². The highest BCUT2D eigenvalue weighted by Crippen LogP contribution is 2.40. The molecule has 6 nitrogen and oxygen atoms in total. The van der Waals surface area contributed by atoms with Crippen LogP contribution < -0.4 is 0 Å². The summed E-state index contributed by atoms with van der Waals surface area (Å²) in [7, 11) is 0. The van der Waals surface area contributed by atoms with Crippen LogP contribution in [0.25, 0.3) is 0 Å². The molecule has 1 aliphatic rings. The molecule has 2 amide bonds. The second kappa shape index (κ2) is 9.23. The van der Waals surface area contributed by atoms with Gasteiger partial charge in [0.05, 0.1) is 24.3 Å². The Morgan fingerprint density at radius 2 is 1.93 bits per heavy atom. The van der Waals surface area contributed by atoms with Gasteiger partial charge in [-0.2, -0.15) is 13.2 Å². The maximum absolute atomic E-state index is 13.7. The number of hydrogen-bond donors (Lipinski definition) is 0. The average Bonchev–Trinajstić information content (AvgIpc) is 2.92. The summed E-state index contributed by atoms with van der Waals surface area (Å²) in [6.07, 6.45) is -5.56. The van der Waals surface area contributed by atoms with Gasteiger partial charge in [0.25, 0.3) is 0 Å². The third-order valence-electron chi connectivity index (χ3n) is 4.52. The number of esters is 1. The number of carbonyl (C=O) groups is 3. The molecule has 27 heavy (non-hydrogen) atoms. The van der Waals surface area contributed by atoms with E-state index in [2.05, 4.69) is 11.3 Å². The van der Waals surface area contributed by atoms with Crippen LogP contribution in [0, 0.1) is 23.7 Å². The lowest BCUT2D eigenvalue weighted by Crippen LogP contribution is -2.50. The van der Waals surface area contributed by atoms with Crippen molar-refractivity contribution in [2.45, 2.75) is 46.3 Å². The van der Waals surface area contributed by atoms with Crippen molar-refractivity contribution in [2.24, 2.45) is 23.7 Å². The van der Waals surface area contributed by atoms with E-state index in [1.807, 2.05) is 0 Å². The zero-order valence-corrected chi connectivity index (χ0v) is 15.9. The summed E-state index contributed by atoms with van der Waals surface area (Å²) >= 11 is 0. The molecule has 1 aliphatic heterocycles. The van der Waals surface area contributed by atoms with Crippen LogP contribution in [0.15, 0.2) is 12.7 Å². The lowest BCUT2D eigenvalue weighted by Gasteiger charge is -2.34. The van der Waals surface area contributed by atoms with E-state index in [-0.39, 0.29) is 19.1 Å². The van der Waals surface area contributed by atoms with Crippen LogP contribution in [0.5, 0.6) is 0 Å². The normalized spacial score (nSPS) is 19.8. The van der Waals surface area contributed by atoms with Crippen molar-refractivity contribution in [3.8, 4) is 0 Å². The van der Waals surface area contributed by atoms with Crippen molar-refractivity contribution < 1.29 is 37.0 Å². The minimum Gasteiger partial charge on any atom is -0.461 e. The highest BCUT2D eigenvalue weighted by atomic mass is 19.4. The molecule has 0 aromatic carbocycles. The first-order chi connectivity index (χ1) is 12.4. The first-order valence-corrected chi connectivity index (χ1v) is 8.74. The quantitative estimate of drug-likeness (QED) is 0.466. The minimum absolute atomic E-state index is 0.0644. The number of amides is 2. The van der Waals surface area contributed by atoms with E-state index < -0.39 is 54.4 Å². The van der Waals surface area contributed by atoms with Crippen LogP contribution in [0.1, 0.15) is 34.1 Å². The van der Waals surface area contributed by atoms with E-state index >= 15 is 0 Å². The number of carbonyl (C=O) groups excluding carboxylic acids is 3. The summed E-state index contributed by atoms with van der Waals surface area (Å²) in [6.45, 7) is 9.41. The summed E-state index contributed by atoms with van der Waals surface area (Å²) < 4.78 is 50.6. The number of hydrogen-bond acceptors (Lipinski definition) is 5. The zero-order chi connectivity index (χ0) is 20.9. The second-order valence-electron chi connectivity index (χ2n) is 7.19. The van der Waals surface area contributed by atoms with Gasteiger partial charge in [0, 0.05) is 0 Å². The highest BCUT2D eigenvalue weighted by Gasteiger charge is 2.53. The average molecular weight is 393 g/mol. The van der Waals surface area contributed by atoms with Gasteiger partial charge in [-0.15, -0.1) is 0 Å². The Morgan fingerprint density at radius 3 is 2.37 bits per heavy atom. The summed E-state index contributed by atoms with van der Waals surface area (Å²) in [5.74, 6) is -6.91. The molecule has 9 heteroatoms. The van der Waals surface area contributed by atoms with E-state index in [0.29, 0.717) is 0 Å². The fourth-order valence-electron chi connectivity index (χ4n) is 3.10. The van der Waals surface area contributed by atoms with E-state index in [0.717, 1.165) is 4.90 Å². The molecule has 0 bridgehead atoms. The molecule has 3 atom stereocenters. The van der Waals surface area contributed by atoms with Gasteiger partial charge in [-0.05, 0) is 11.8 Å². The van der Waals surface area contributed by atoms with Crippen molar-refractivity contribution in [1.82, 2.24) is 4.90 Å². The molecule has 0 spiro atoms. The summed E-state index contributed by atoms with van der Waals surface area (Å²) in [5, 5.41) is 0. The van der Waals surface area contributed by atoms with Gasteiger partial charge >= 0.3 is 18.2 Å². The van der Waals surface area contributed by atoms with Crippen molar-refractivity contribution in [2.75, 3.05) is 13.2 Å².